The number of hydrogen-bond acceptors (Lipinski definition) is 4. The largest absolute Gasteiger partial charge is 0.486 e. The van der Waals surface area contributed by atoms with Crippen molar-refractivity contribution in [3.8, 4) is 5.75 Å². The summed E-state index contributed by atoms with van der Waals surface area (Å²) < 4.78 is 5.76. The van der Waals surface area contributed by atoms with Gasteiger partial charge in [0, 0.05) is 22.0 Å². The summed E-state index contributed by atoms with van der Waals surface area (Å²) in [6, 6.07) is 15.4. The maximum absolute atomic E-state index is 13.0. The maximum atomic E-state index is 13.0. The number of aryl methyl sites for hydroxylation is 1. The summed E-state index contributed by atoms with van der Waals surface area (Å²) in [5.74, 6) is 0.797. The number of nitrogens with zero attached hydrogens (tertiary/aromatic N) is 2. The van der Waals surface area contributed by atoms with E-state index in [2.05, 4.69) is 4.98 Å². The van der Waals surface area contributed by atoms with Crippen molar-refractivity contribution >= 4 is 28.8 Å². The van der Waals surface area contributed by atoms with Crippen LogP contribution in [0.2, 0.25) is 5.02 Å². The zero-order valence-electron chi connectivity index (χ0n) is 15.6. The van der Waals surface area contributed by atoms with E-state index in [1.807, 2.05) is 59.7 Å². The standard InChI is InChI=1S/C22H21ClN2O2S/c1-15-5-7-16(8-6-15)22(26)25(19-9-10-19)12-18-14-28-21(24-18)13-27-20-4-2-3-17(23)11-20/h2-8,11,14,19H,9-10,12-13H2,1H3. The molecule has 28 heavy (non-hydrogen) atoms. The number of rotatable bonds is 7. The molecule has 144 valence electrons. The summed E-state index contributed by atoms with van der Waals surface area (Å²) >= 11 is 7.53. The van der Waals surface area contributed by atoms with Crippen molar-refractivity contribution < 1.29 is 9.53 Å². The lowest BCUT2D eigenvalue weighted by Gasteiger charge is -2.21. The molecule has 0 aliphatic heterocycles. The molecule has 0 N–H and O–H groups in total. The lowest BCUT2D eigenvalue weighted by Crippen LogP contribution is -2.32. The van der Waals surface area contributed by atoms with Gasteiger partial charge < -0.3 is 9.64 Å². The maximum Gasteiger partial charge on any atom is 0.254 e. The van der Waals surface area contributed by atoms with E-state index in [1.54, 1.807) is 17.4 Å². The minimum absolute atomic E-state index is 0.0761. The van der Waals surface area contributed by atoms with Crippen LogP contribution in [-0.4, -0.2) is 21.8 Å². The molecular formula is C22H21ClN2O2S. The fourth-order valence-electron chi connectivity index (χ4n) is 2.98. The molecule has 1 fully saturated rings. The van der Waals surface area contributed by atoms with Crippen LogP contribution in [0.3, 0.4) is 0 Å². The van der Waals surface area contributed by atoms with Crippen molar-refractivity contribution in [2.45, 2.75) is 39.0 Å². The highest BCUT2D eigenvalue weighted by Gasteiger charge is 2.33. The van der Waals surface area contributed by atoms with Crippen molar-refractivity contribution in [2.24, 2.45) is 0 Å². The predicted molar refractivity (Wildman–Crippen MR) is 112 cm³/mol. The molecular weight excluding hydrogens is 392 g/mol. The minimum atomic E-state index is 0.0761. The first kappa shape index (κ1) is 19.0. The van der Waals surface area contributed by atoms with Crippen LogP contribution in [0.4, 0.5) is 0 Å². The average molecular weight is 413 g/mol. The van der Waals surface area contributed by atoms with Crippen LogP contribution >= 0.6 is 22.9 Å². The Labute approximate surface area is 173 Å². The first-order chi connectivity index (χ1) is 13.6. The van der Waals surface area contributed by atoms with E-state index >= 15 is 0 Å². The fourth-order valence-corrected chi connectivity index (χ4v) is 3.86. The molecule has 0 spiro atoms. The van der Waals surface area contributed by atoms with Gasteiger partial charge in [-0.3, -0.25) is 4.79 Å². The smallest absolute Gasteiger partial charge is 0.254 e. The molecule has 0 radical (unpaired) electrons. The van der Waals surface area contributed by atoms with Gasteiger partial charge in [-0.25, -0.2) is 4.98 Å². The van der Waals surface area contributed by atoms with Crippen molar-refractivity contribution in [1.29, 1.82) is 0 Å². The summed E-state index contributed by atoms with van der Waals surface area (Å²) in [6.45, 7) is 2.95. The summed E-state index contributed by atoms with van der Waals surface area (Å²) in [5, 5.41) is 3.54. The molecule has 1 aliphatic rings. The van der Waals surface area contributed by atoms with Gasteiger partial charge >= 0.3 is 0 Å². The van der Waals surface area contributed by atoms with E-state index in [0.29, 0.717) is 24.2 Å². The second-order valence-corrected chi connectivity index (χ2v) is 8.39. The van der Waals surface area contributed by atoms with Crippen LogP contribution in [0, 0.1) is 6.92 Å². The number of carbonyl (C=O) groups is 1. The minimum Gasteiger partial charge on any atom is -0.486 e. The number of benzene rings is 2. The monoisotopic (exact) mass is 412 g/mol. The van der Waals surface area contributed by atoms with Crippen LogP contribution in [0.15, 0.2) is 53.9 Å². The van der Waals surface area contributed by atoms with Gasteiger partial charge in [0.25, 0.3) is 5.91 Å². The lowest BCUT2D eigenvalue weighted by atomic mass is 10.1. The SMILES string of the molecule is Cc1ccc(C(=O)N(Cc2csc(COc3cccc(Cl)c3)n2)C2CC2)cc1. The number of aromatic nitrogens is 1. The molecule has 0 unspecified atom stereocenters. The molecule has 1 saturated carbocycles. The molecule has 4 nitrogen and oxygen atoms in total. The lowest BCUT2D eigenvalue weighted by molar-refractivity contribution is 0.0728. The summed E-state index contributed by atoms with van der Waals surface area (Å²) in [4.78, 5) is 19.6. The quantitative estimate of drug-likeness (QED) is 0.515. The third kappa shape index (κ3) is 4.72. The second kappa shape index (κ2) is 8.33. The number of hydrogen-bond donors (Lipinski definition) is 0. The van der Waals surface area contributed by atoms with Crippen molar-refractivity contribution in [1.82, 2.24) is 9.88 Å². The van der Waals surface area contributed by atoms with Crippen LogP contribution in [-0.2, 0) is 13.2 Å². The number of halogens is 1. The Kier molecular flexibility index (Phi) is 5.64. The number of ether oxygens (including phenoxy) is 1. The molecule has 3 aromatic rings. The third-order valence-corrected chi connectivity index (χ3v) is 5.74. The Hall–Kier alpha value is -2.37. The van der Waals surface area contributed by atoms with Crippen LogP contribution < -0.4 is 4.74 Å². The van der Waals surface area contributed by atoms with E-state index < -0.39 is 0 Å². The summed E-state index contributed by atoms with van der Waals surface area (Å²) in [6.07, 6.45) is 2.12. The molecule has 0 bridgehead atoms. The highest BCUT2D eigenvalue weighted by molar-refractivity contribution is 7.09. The predicted octanol–water partition coefficient (Wildman–Crippen LogP) is 5.49. The summed E-state index contributed by atoms with van der Waals surface area (Å²) in [7, 11) is 0. The first-order valence-electron chi connectivity index (χ1n) is 9.28. The van der Waals surface area contributed by atoms with Gasteiger partial charge in [-0.1, -0.05) is 35.4 Å². The Balaban J connectivity index is 1.41. The molecule has 6 heteroatoms. The normalized spacial score (nSPS) is 13.4. The number of amides is 1. The van der Waals surface area contributed by atoms with Crippen molar-refractivity contribution in [3.63, 3.8) is 0 Å². The Bertz CT molecular complexity index is 967. The highest BCUT2D eigenvalue weighted by Crippen LogP contribution is 2.30. The zero-order chi connectivity index (χ0) is 19.5. The summed E-state index contributed by atoms with van der Waals surface area (Å²) in [5.41, 5.74) is 2.79. The third-order valence-electron chi connectivity index (χ3n) is 4.64. The molecule has 1 aliphatic carbocycles. The van der Waals surface area contributed by atoms with Crippen LogP contribution in [0.1, 0.15) is 39.5 Å². The van der Waals surface area contributed by atoms with E-state index in [9.17, 15) is 4.79 Å². The van der Waals surface area contributed by atoms with E-state index in [-0.39, 0.29) is 5.91 Å². The fraction of sp³-hybridized carbons (Fsp3) is 0.273. The van der Waals surface area contributed by atoms with Crippen LogP contribution in [0.5, 0.6) is 5.75 Å². The van der Waals surface area contributed by atoms with E-state index in [1.165, 1.54) is 0 Å². The highest BCUT2D eigenvalue weighted by atomic mass is 35.5. The average Bonchev–Trinajstić information content (AvgIpc) is 3.43. The topological polar surface area (TPSA) is 42.4 Å². The second-order valence-electron chi connectivity index (χ2n) is 7.01. The van der Waals surface area contributed by atoms with Gasteiger partial charge in [-0.05, 0) is 50.1 Å². The Morgan fingerprint density at radius 2 is 2.04 bits per heavy atom. The molecule has 1 aromatic heterocycles. The van der Waals surface area contributed by atoms with Gasteiger partial charge in [0.2, 0.25) is 0 Å². The Morgan fingerprint density at radius 3 is 2.75 bits per heavy atom. The van der Waals surface area contributed by atoms with Crippen LogP contribution in [0.25, 0.3) is 0 Å². The molecule has 1 heterocycles. The molecule has 0 saturated heterocycles. The molecule has 4 rings (SSSR count). The first-order valence-corrected chi connectivity index (χ1v) is 10.5. The molecule has 2 aromatic carbocycles. The number of thiazole rings is 1. The van der Waals surface area contributed by atoms with E-state index in [0.717, 1.165) is 40.4 Å². The van der Waals surface area contributed by atoms with Gasteiger partial charge in [-0.2, -0.15) is 0 Å². The van der Waals surface area contributed by atoms with Gasteiger partial charge in [0.15, 0.2) is 0 Å². The Morgan fingerprint density at radius 1 is 1.25 bits per heavy atom. The van der Waals surface area contributed by atoms with Gasteiger partial charge in [0.05, 0.1) is 12.2 Å². The van der Waals surface area contributed by atoms with Crippen molar-refractivity contribution in [3.05, 3.63) is 80.8 Å². The van der Waals surface area contributed by atoms with E-state index in [4.69, 9.17) is 16.3 Å². The zero-order valence-corrected chi connectivity index (χ0v) is 17.2. The molecule has 1 amide bonds. The van der Waals surface area contributed by atoms with Gasteiger partial charge in [0.1, 0.15) is 17.4 Å². The number of carbonyl (C=O) groups excluding carboxylic acids is 1. The van der Waals surface area contributed by atoms with Crippen molar-refractivity contribution in [2.75, 3.05) is 0 Å². The molecule has 0 atom stereocenters. The van der Waals surface area contributed by atoms with Gasteiger partial charge in [-0.15, -0.1) is 11.3 Å².